The monoisotopic (exact) mass is 550 g/mol. The minimum atomic E-state index is -0.791. The maximum Gasteiger partial charge on any atom is 0.243 e. The molecule has 0 aliphatic heterocycles. The van der Waals surface area contributed by atoms with Crippen LogP contribution in [0, 0.1) is 0 Å². The SMILES string of the molecule is CC(C)NC(=O)[C@@H](Cc1ccccc1)N(Cc1ccc(Cl)cc1Cl)C(=O)Cc1c(Cl)cccc1Cl. The predicted octanol–water partition coefficient (Wildman–Crippen LogP) is 7.01. The number of rotatable bonds is 9. The van der Waals surface area contributed by atoms with E-state index in [-0.39, 0.29) is 30.8 Å². The molecule has 0 aliphatic carbocycles. The van der Waals surface area contributed by atoms with E-state index in [1.165, 1.54) is 0 Å². The summed E-state index contributed by atoms with van der Waals surface area (Å²) in [5.41, 5.74) is 2.10. The van der Waals surface area contributed by atoms with E-state index in [1.54, 1.807) is 41.3 Å². The van der Waals surface area contributed by atoms with Gasteiger partial charge in [0, 0.05) is 39.1 Å². The van der Waals surface area contributed by atoms with Crippen molar-refractivity contribution in [2.45, 2.75) is 45.3 Å². The molecule has 0 spiro atoms. The van der Waals surface area contributed by atoms with Crippen molar-refractivity contribution in [3.8, 4) is 0 Å². The Morgan fingerprint density at radius 1 is 0.857 bits per heavy atom. The first-order chi connectivity index (χ1) is 16.7. The largest absolute Gasteiger partial charge is 0.352 e. The number of carbonyl (C=O) groups is 2. The van der Waals surface area contributed by atoms with Gasteiger partial charge in [0.1, 0.15) is 6.04 Å². The van der Waals surface area contributed by atoms with Crippen LogP contribution in [-0.4, -0.2) is 28.8 Å². The third kappa shape index (κ3) is 7.62. The van der Waals surface area contributed by atoms with Crippen LogP contribution in [0.4, 0.5) is 0 Å². The molecule has 3 aromatic rings. The number of benzene rings is 3. The predicted molar refractivity (Wildman–Crippen MR) is 144 cm³/mol. The Hall–Kier alpha value is -2.24. The molecule has 0 radical (unpaired) electrons. The first-order valence-electron chi connectivity index (χ1n) is 11.2. The molecule has 0 unspecified atom stereocenters. The highest BCUT2D eigenvalue weighted by molar-refractivity contribution is 6.36. The average molecular weight is 552 g/mol. The van der Waals surface area contributed by atoms with E-state index in [0.29, 0.717) is 37.6 Å². The second-order valence-corrected chi connectivity index (χ2v) is 10.2. The van der Waals surface area contributed by atoms with Crippen LogP contribution in [0.2, 0.25) is 20.1 Å². The maximum absolute atomic E-state index is 13.8. The lowest BCUT2D eigenvalue weighted by molar-refractivity contribution is -0.141. The summed E-state index contributed by atoms with van der Waals surface area (Å²) < 4.78 is 0. The van der Waals surface area contributed by atoms with Gasteiger partial charge in [0.25, 0.3) is 0 Å². The number of halogens is 4. The fourth-order valence-electron chi connectivity index (χ4n) is 3.72. The van der Waals surface area contributed by atoms with Crippen LogP contribution in [-0.2, 0) is 29.0 Å². The minimum Gasteiger partial charge on any atom is -0.352 e. The van der Waals surface area contributed by atoms with Crippen LogP contribution in [0.1, 0.15) is 30.5 Å². The molecular weight excluding hydrogens is 526 g/mol. The second-order valence-electron chi connectivity index (χ2n) is 8.50. The number of nitrogens with one attached hydrogen (secondary N) is 1. The lowest BCUT2D eigenvalue weighted by atomic mass is 10.0. The highest BCUT2D eigenvalue weighted by atomic mass is 35.5. The van der Waals surface area contributed by atoms with Gasteiger partial charge in [0.15, 0.2) is 0 Å². The quantitative estimate of drug-likeness (QED) is 0.311. The molecule has 0 fully saturated rings. The van der Waals surface area contributed by atoms with E-state index in [9.17, 15) is 9.59 Å². The summed E-state index contributed by atoms with van der Waals surface area (Å²) in [4.78, 5) is 28.7. The normalized spacial score (nSPS) is 11.9. The van der Waals surface area contributed by atoms with Gasteiger partial charge in [-0.25, -0.2) is 0 Å². The highest BCUT2D eigenvalue weighted by Gasteiger charge is 2.31. The molecule has 3 rings (SSSR count). The topological polar surface area (TPSA) is 49.4 Å². The average Bonchev–Trinajstić information content (AvgIpc) is 2.80. The van der Waals surface area contributed by atoms with Gasteiger partial charge in [-0.1, -0.05) is 88.9 Å². The molecule has 0 saturated carbocycles. The Kier molecular flexibility index (Phi) is 9.88. The Morgan fingerprint density at radius 3 is 2.11 bits per heavy atom. The number of hydrogen-bond donors (Lipinski definition) is 1. The van der Waals surface area contributed by atoms with E-state index in [2.05, 4.69) is 5.32 Å². The van der Waals surface area contributed by atoms with Crippen molar-refractivity contribution >= 4 is 58.2 Å². The Balaban J connectivity index is 2.04. The van der Waals surface area contributed by atoms with Gasteiger partial charge in [-0.3, -0.25) is 9.59 Å². The van der Waals surface area contributed by atoms with Gasteiger partial charge >= 0.3 is 0 Å². The van der Waals surface area contributed by atoms with E-state index in [0.717, 1.165) is 5.56 Å². The van der Waals surface area contributed by atoms with E-state index in [1.807, 2.05) is 44.2 Å². The molecule has 184 valence electrons. The van der Waals surface area contributed by atoms with Gasteiger partial charge in [0.05, 0.1) is 6.42 Å². The van der Waals surface area contributed by atoms with Crippen LogP contribution in [0.15, 0.2) is 66.7 Å². The Labute approximate surface area is 226 Å². The fraction of sp³-hybridized carbons (Fsp3) is 0.259. The highest BCUT2D eigenvalue weighted by Crippen LogP contribution is 2.28. The maximum atomic E-state index is 13.8. The molecule has 3 aromatic carbocycles. The van der Waals surface area contributed by atoms with Crippen molar-refractivity contribution in [3.05, 3.63) is 104 Å². The number of hydrogen-bond acceptors (Lipinski definition) is 2. The van der Waals surface area contributed by atoms with E-state index in [4.69, 9.17) is 46.4 Å². The summed E-state index contributed by atoms with van der Waals surface area (Å²) in [7, 11) is 0. The molecule has 1 atom stereocenters. The van der Waals surface area contributed by atoms with Crippen molar-refractivity contribution in [1.29, 1.82) is 0 Å². The summed E-state index contributed by atoms with van der Waals surface area (Å²) >= 11 is 25.2. The van der Waals surface area contributed by atoms with Crippen molar-refractivity contribution in [1.82, 2.24) is 10.2 Å². The smallest absolute Gasteiger partial charge is 0.243 e. The van der Waals surface area contributed by atoms with Crippen molar-refractivity contribution < 1.29 is 9.59 Å². The third-order valence-corrected chi connectivity index (χ3v) is 6.74. The lowest BCUT2D eigenvalue weighted by Gasteiger charge is -2.32. The molecule has 4 nitrogen and oxygen atoms in total. The number of amides is 2. The first-order valence-corrected chi connectivity index (χ1v) is 12.7. The summed E-state index contributed by atoms with van der Waals surface area (Å²) in [5, 5.41) is 4.63. The summed E-state index contributed by atoms with van der Waals surface area (Å²) in [5.74, 6) is -0.557. The van der Waals surface area contributed by atoms with Crippen LogP contribution >= 0.6 is 46.4 Å². The molecule has 8 heteroatoms. The molecule has 0 aromatic heterocycles. The molecule has 2 amide bonds. The Morgan fingerprint density at radius 2 is 1.51 bits per heavy atom. The van der Waals surface area contributed by atoms with Gasteiger partial charge in [-0.15, -0.1) is 0 Å². The van der Waals surface area contributed by atoms with Crippen molar-refractivity contribution in [2.75, 3.05) is 0 Å². The zero-order valence-electron chi connectivity index (χ0n) is 19.4. The van der Waals surface area contributed by atoms with E-state index >= 15 is 0 Å². The van der Waals surface area contributed by atoms with Crippen LogP contribution in [0.25, 0.3) is 0 Å². The zero-order chi connectivity index (χ0) is 25.5. The second kappa shape index (κ2) is 12.6. The zero-order valence-corrected chi connectivity index (χ0v) is 22.4. The Bertz CT molecular complexity index is 1160. The third-order valence-electron chi connectivity index (χ3n) is 5.45. The van der Waals surface area contributed by atoms with Gasteiger partial charge < -0.3 is 10.2 Å². The standard InChI is InChI=1S/C27H26Cl4N2O2/c1-17(2)32-27(35)25(13-18-7-4-3-5-8-18)33(16-19-11-12-20(28)14-24(19)31)26(34)15-21-22(29)9-6-10-23(21)30/h3-12,14,17,25H,13,15-16H2,1-2H3,(H,32,35)/t25-/m1/s1. The summed E-state index contributed by atoms with van der Waals surface area (Å²) in [6.07, 6.45) is 0.260. The fourth-order valence-corrected chi connectivity index (χ4v) is 4.72. The van der Waals surface area contributed by atoms with Crippen molar-refractivity contribution in [3.63, 3.8) is 0 Å². The molecule has 35 heavy (non-hydrogen) atoms. The molecule has 0 heterocycles. The number of carbonyl (C=O) groups excluding carboxylic acids is 2. The van der Waals surface area contributed by atoms with Gasteiger partial charge in [-0.05, 0) is 54.8 Å². The molecule has 0 saturated heterocycles. The minimum absolute atomic E-state index is 0.0655. The van der Waals surface area contributed by atoms with Gasteiger partial charge in [0.2, 0.25) is 11.8 Å². The lowest BCUT2D eigenvalue weighted by Crippen LogP contribution is -2.52. The first kappa shape index (κ1) is 27.3. The molecule has 0 aliphatic rings. The summed E-state index contributed by atoms with van der Waals surface area (Å²) in [6.45, 7) is 3.87. The molecule has 0 bridgehead atoms. The van der Waals surface area contributed by atoms with Crippen LogP contribution in [0.3, 0.4) is 0 Å². The molecule has 1 N–H and O–H groups in total. The van der Waals surface area contributed by atoms with Crippen molar-refractivity contribution in [2.24, 2.45) is 0 Å². The van der Waals surface area contributed by atoms with E-state index < -0.39 is 6.04 Å². The molecular formula is C27H26Cl4N2O2. The van der Waals surface area contributed by atoms with Crippen LogP contribution in [0.5, 0.6) is 0 Å². The summed E-state index contributed by atoms with van der Waals surface area (Å²) in [6, 6.07) is 18.8. The van der Waals surface area contributed by atoms with Gasteiger partial charge in [-0.2, -0.15) is 0 Å². The number of nitrogens with zero attached hydrogens (tertiary/aromatic N) is 1. The van der Waals surface area contributed by atoms with Crippen LogP contribution < -0.4 is 5.32 Å².